The monoisotopic (exact) mass is 344 g/mol. The highest BCUT2D eigenvalue weighted by atomic mass is 35.5. The van der Waals surface area contributed by atoms with Gasteiger partial charge in [-0.15, -0.1) is 0 Å². The third kappa shape index (κ3) is 4.77. The van der Waals surface area contributed by atoms with Crippen LogP contribution in [-0.4, -0.2) is 31.6 Å². The van der Waals surface area contributed by atoms with Crippen molar-refractivity contribution in [2.75, 3.05) is 19.6 Å². The summed E-state index contributed by atoms with van der Waals surface area (Å²) in [6.45, 7) is 6.60. The van der Waals surface area contributed by atoms with Gasteiger partial charge in [0.1, 0.15) is 5.75 Å². The first-order valence-corrected chi connectivity index (χ1v) is 8.25. The van der Waals surface area contributed by atoms with E-state index < -0.39 is 6.10 Å². The zero-order chi connectivity index (χ0) is 16.2. The highest BCUT2D eigenvalue weighted by Gasteiger charge is 2.28. The smallest absolute Gasteiger partial charge is 0.260 e. The lowest BCUT2D eigenvalue weighted by Crippen LogP contribution is -2.45. The molecule has 2 rings (SSSR count). The summed E-state index contributed by atoms with van der Waals surface area (Å²) in [5.74, 6) is 0.413. The minimum atomic E-state index is -0.581. The first-order chi connectivity index (χ1) is 10.4. The predicted octanol–water partition coefficient (Wildman–Crippen LogP) is 3.27. The molecule has 2 N–H and O–H groups in total. The van der Waals surface area contributed by atoms with Gasteiger partial charge in [-0.2, -0.15) is 0 Å². The molecule has 0 aliphatic carbocycles. The lowest BCUT2D eigenvalue weighted by atomic mass is 9.81. The Morgan fingerprint density at radius 3 is 2.68 bits per heavy atom. The number of piperidine rings is 1. The molecule has 4 nitrogen and oxygen atoms in total. The molecule has 1 fully saturated rings. The van der Waals surface area contributed by atoms with Crippen LogP contribution in [0.2, 0.25) is 10.0 Å². The zero-order valence-corrected chi connectivity index (χ0v) is 14.4. The third-order valence-electron chi connectivity index (χ3n) is 4.07. The van der Waals surface area contributed by atoms with Crippen LogP contribution >= 0.6 is 23.2 Å². The van der Waals surface area contributed by atoms with E-state index in [4.69, 9.17) is 27.9 Å². The normalized spacial score (nSPS) is 18.5. The minimum Gasteiger partial charge on any atom is -0.481 e. The number of benzene rings is 1. The Balaban J connectivity index is 1.85. The van der Waals surface area contributed by atoms with E-state index in [9.17, 15) is 4.79 Å². The minimum absolute atomic E-state index is 0.120. The Morgan fingerprint density at radius 1 is 1.36 bits per heavy atom. The zero-order valence-electron chi connectivity index (χ0n) is 12.9. The Morgan fingerprint density at radius 2 is 2.05 bits per heavy atom. The van der Waals surface area contributed by atoms with E-state index in [1.54, 1.807) is 25.1 Å². The number of halogens is 2. The molecule has 1 aliphatic rings. The van der Waals surface area contributed by atoms with Crippen molar-refractivity contribution in [2.45, 2.75) is 32.8 Å². The van der Waals surface area contributed by atoms with Crippen LogP contribution in [0.15, 0.2) is 18.2 Å². The van der Waals surface area contributed by atoms with Crippen molar-refractivity contribution >= 4 is 29.1 Å². The van der Waals surface area contributed by atoms with Crippen molar-refractivity contribution in [1.29, 1.82) is 0 Å². The molecule has 1 saturated heterocycles. The number of rotatable bonds is 5. The molecule has 0 aromatic heterocycles. The third-order valence-corrected chi connectivity index (χ3v) is 4.81. The highest BCUT2D eigenvalue weighted by molar-refractivity contribution is 6.42. The first kappa shape index (κ1) is 17.4. The molecule has 6 heteroatoms. The summed E-state index contributed by atoms with van der Waals surface area (Å²) < 4.78 is 5.62. The van der Waals surface area contributed by atoms with E-state index in [2.05, 4.69) is 17.6 Å². The number of amides is 1. The van der Waals surface area contributed by atoms with Crippen LogP contribution in [0, 0.1) is 5.41 Å². The van der Waals surface area contributed by atoms with Gasteiger partial charge < -0.3 is 15.4 Å². The van der Waals surface area contributed by atoms with Crippen LogP contribution in [0.5, 0.6) is 5.75 Å². The van der Waals surface area contributed by atoms with Crippen molar-refractivity contribution in [3.63, 3.8) is 0 Å². The van der Waals surface area contributed by atoms with Crippen LogP contribution < -0.4 is 15.4 Å². The molecular formula is C16H22Cl2N2O2. The van der Waals surface area contributed by atoms with Gasteiger partial charge in [0.15, 0.2) is 6.10 Å². The summed E-state index contributed by atoms with van der Waals surface area (Å²) in [7, 11) is 0. The summed E-state index contributed by atoms with van der Waals surface area (Å²) in [5, 5.41) is 7.19. The molecule has 0 radical (unpaired) electrons. The van der Waals surface area contributed by atoms with Crippen molar-refractivity contribution in [2.24, 2.45) is 5.41 Å². The fourth-order valence-electron chi connectivity index (χ4n) is 2.46. The maximum absolute atomic E-state index is 12.2. The number of hydrogen-bond acceptors (Lipinski definition) is 3. The number of hydrogen-bond donors (Lipinski definition) is 2. The van der Waals surface area contributed by atoms with Crippen LogP contribution in [0.4, 0.5) is 0 Å². The molecule has 0 spiro atoms. The fraction of sp³-hybridized carbons (Fsp3) is 0.562. The van der Waals surface area contributed by atoms with Crippen molar-refractivity contribution in [3.8, 4) is 5.75 Å². The van der Waals surface area contributed by atoms with Crippen LogP contribution in [0.25, 0.3) is 0 Å². The van der Waals surface area contributed by atoms with Gasteiger partial charge in [-0.1, -0.05) is 30.1 Å². The summed E-state index contributed by atoms with van der Waals surface area (Å²) >= 11 is 11.8. The van der Waals surface area contributed by atoms with E-state index in [1.165, 1.54) is 0 Å². The quantitative estimate of drug-likeness (QED) is 0.861. The molecule has 1 heterocycles. The molecule has 1 unspecified atom stereocenters. The molecule has 1 aromatic rings. The maximum atomic E-state index is 12.2. The lowest BCUT2D eigenvalue weighted by Gasteiger charge is -2.34. The van der Waals surface area contributed by atoms with Gasteiger partial charge in [0.2, 0.25) is 0 Å². The number of carbonyl (C=O) groups excluding carboxylic acids is 1. The molecule has 0 bridgehead atoms. The van der Waals surface area contributed by atoms with Crippen molar-refractivity contribution < 1.29 is 9.53 Å². The lowest BCUT2D eigenvalue weighted by molar-refractivity contribution is -0.127. The molecule has 122 valence electrons. The molecule has 1 atom stereocenters. The van der Waals surface area contributed by atoms with Gasteiger partial charge in [-0.25, -0.2) is 0 Å². The average Bonchev–Trinajstić information content (AvgIpc) is 2.49. The van der Waals surface area contributed by atoms with Gasteiger partial charge in [-0.05, 0) is 50.4 Å². The highest BCUT2D eigenvalue weighted by Crippen LogP contribution is 2.28. The topological polar surface area (TPSA) is 50.4 Å². The Kier molecular flexibility index (Phi) is 5.95. The summed E-state index contributed by atoms with van der Waals surface area (Å²) in [5.41, 5.74) is 0.157. The Hall–Kier alpha value is -0.970. The molecule has 1 amide bonds. The van der Waals surface area contributed by atoms with E-state index in [1.807, 2.05) is 0 Å². The molecule has 1 aromatic carbocycles. The van der Waals surface area contributed by atoms with Crippen LogP contribution in [0.1, 0.15) is 26.7 Å². The molecule has 22 heavy (non-hydrogen) atoms. The summed E-state index contributed by atoms with van der Waals surface area (Å²) in [4.78, 5) is 12.2. The average molecular weight is 345 g/mol. The Labute approximate surface area is 141 Å². The molecular weight excluding hydrogens is 323 g/mol. The second-order valence-electron chi connectivity index (χ2n) is 6.11. The predicted molar refractivity (Wildman–Crippen MR) is 89.8 cm³/mol. The van der Waals surface area contributed by atoms with E-state index in [-0.39, 0.29) is 11.3 Å². The van der Waals surface area contributed by atoms with Crippen molar-refractivity contribution in [3.05, 3.63) is 28.2 Å². The first-order valence-electron chi connectivity index (χ1n) is 7.50. The fourth-order valence-corrected chi connectivity index (χ4v) is 2.75. The van der Waals surface area contributed by atoms with Gasteiger partial charge in [0.05, 0.1) is 10.0 Å². The standard InChI is InChI=1S/C16H22Cl2N2O2/c1-11(22-12-3-4-13(17)14(18)9-12)15(21)20-10-16(2)5-7-19-8-6-16/h3-4,9,11,19H,5-8,10H2,1-2H3,(H,20,21). The van der Waals surface area contributed by atoms with E-state index in [0.717, 1.165) is 25.9 Å². The maximum Gasteiger partial charge on any atom is 0.260 e. The molecule has 1 aliphatic heterocycles. The number of carbonyl (C=O) groups is 1. The van der Waals surface area contributed by atoms with Gasteiger partial charge in [0.25, 0.3) is 5.91 Å². The molecule has 0 saturated carbocycles. The van der Waals surface area contributed by atoms with E-state index >= 15 is 0 Å². The van der Waals surface area contributed by atoms with Crippen LogP contribution in [-0.2, 0) is 4.79 Å². The summed E-state index contributed by atoms with van der Waals surface area (Å²) in [6.07, 6.45) is 1.55. The van der Waals surface area contributed by atoms with Crippen LogP contribution in [0.3, 0.4) is 0 Å². The van der Waals surface area contributed by atoms with Crippen molar-refractivity contribution in [1.82, 2.24) is 10.6 Å². The number of ether oxygens (including phenoxy) is 1. The number of nitrogens with one attached hydrogen (secondary N) is 2. The van der Waals surface area contributed by atoms with Gasteiger partial charge in [0, 0.05) is 12.6 Å². The van der Waals surface area contributed by atoms with E-state index in [0.29, 0.717) is 22.3 Å². The second-order valence-corrected chi connectivity index (χ2v) is 6.93. The summed E-state index contributed by atoms with van der Waals surface area (Å²) in [6, 6.07) is 4.97. The Bertz CT molecular complexity index is 531. The second kappa shape index (κ2) is 7.53. The van der Waals surface area contributed by atoms with Gasteiger partial charge in [-0.3, -0.25) is 4.79 Å². The largest absolute Gasteiger partial charge is 0.481 e. The van der Waals surface area contributed by atoms with Gasteiger partial charge >= 0.3 is 0 Å². The SMILES string of the molecule is CC(Oc1ccc(Cl)c(Cl)c1)C(=O)NCC1(C)CCNCC1.